The molecule has 3 fully saturated rings. The molecule has 2 saturated heterocycles. The van der Waals surface area contributed by atoms with Crippen molar-refractivity contribution in [1.82, 2.24) is 9.80 Å². The second-order valence-electron chi connectivity index (χ2n) is 6.13. The van der Waals surface area contributed by atoms with E-state index in [1.54, 1.807) is 0 Å². The number of ether oxygens (including phenoxy) is 2. The van der Waals surface area contributed by atoms with Crippen LogP contribution in [0.15, 0.2) is 0 Å². The number of hydrogen-bond acceptors (Lipinski definition) is 4. The largest absolute Gasteiger partial charge is 0.353 e. The molecule has 3 rings (SSSR count). The second kappa shape index (κ2) is 7.02. The first-order valence-electron chi connectivity index (χ1n) is 8.11. The minimum Gasteiger partial charge on any atom is -0.353 e. The third-order valence-electron chi connectivity index (χ3n) is 4.83. The molecule has 4 heteroatoms. The molecule has 0 aromatic carbocycles. The molecule has 0 atom stereocenters. The zero-order valence-corrected chi connectivity index (χ0v) is 12.1. The summed E-state index contributed by atoms with van der Waals surface area (Å²) in [6.07, 6.45) is 7.90. The summed E-state index contributed by atoms with van der Waals surface area (Å²) in [5.41, 5.74) is 0. The summed E-state index contributed by atoms with van der Waals surface area (Å²) in [5, 5.41) is 0. The maximum absolute atomic E-state index is 5.61. The van der Waals surface area contributed by atoms with Crippen LogP contribution >= 0.6 is 0 Å². The Balaban J connectivity index is 1.33. The van der Waals surface area contributed by atoms with Crippen molar-refractivity contribution in [3.63, 3.8) is 0 Å². The van der Waals surface area contributed by atoms with Crippen LogP contribution in [-0.4, -0.2) is 68.1 Å². The molecule has 1 saturated carbocycles. The van der Waals surface area contributed by atoms with Gasteiger partial charge < -0.3 is 14.4 Å². The Hall–Kier alpha value is -0.160. The predicted octanol–water partition coefficient (Wildman–Crippen LogP) is 1.70. The van der Waals surface area contributed by atoms with Crippen molar-refractivity contribution in [3.8, 4) is 0 Å². The fraction of sp³-hybridized carbons (Fsp3) is 1.00. The first-order chi connectivity index (χ1) is 9.42. The third-order valence-corrected chi connectivity index (χ3v) is 4.83. The molecule has 1 aliphatic carbocycles. The SMILES string of the molecule is C1COC(CCN2CCN(C3CCCC3)CC2)OC1. The van der Waals surface area contributed by atoms with Gasteiger partial charge in [0.05, 0.1) is 13.2 Å². The minimum absolute atomic E-state index is 0.0570. The first kappa shape index (κ1) is 13.8. The van der Waals surface area contributed by atoms with Crippen LogP contribution in [0.4, 0.5) is 0 Å². The van der Waals surface area contributed by atoms with Gasteiger partial charge in [0.15, 0.2) is 6.29 Å². The summed E-state index contributed by atoms with van der Waals surface area (Å²) >= 11 is 0. The van der Waals surface area contributed by atoms with E-state index in [0.29, 0.717) is 0 Å². The number of rotatable bonds is 4. The zero-order valence-electron chi connectivity index (χ0n) is 12.1. The standard InChI is InChI=1S/C15H28N2O2/c1-2-5-14(4-1)17-10-8-16(9-11-17)7-6-15-18-12-3-13-19-15/h14-15H,1-13H2. The van der Waals surface area contributed by atoms with E-state index in [1.165, 1.54) is 51.9 Å². The molecule has 0 N–H and O–H groups in total. The van der Waals surface area contributed by atoms with Crippen LogP contribution < -0.4 is 0 Å². The van der Waals surface area contributed by atoms with E-state index in [4.69, 9.17) is 9.47 Å². The van der Waals surface area contributed by atoms with Gasteiger partial charge in [-0.15, -0.1) is 0 Å². The first-order valence-corrected chi connectivity index (χ1v) is 8.11. The van der Waals surface area contributed by atoms with E-state index in [0.717, 1.165) is 38.6 Å². The van der Waals surface area contributed by atoms with Gasteiger partial charge in [0, 0.05) is 45.2 Å². The van der Waals surface area contributed by atoms with Gasteiger partial charge in [-0.1, -0.05) is 12.8 Å². The molecule has 0 amide bonds. The van der Waals surface area contributed by atoms with Gasteiger partial charge in [-0.05, 0) is 19.3 Å². The van der Waals surface area contributed by atoms with Crippen molar-refractivity contribution < 1.29 is 9.47 Å². The second-order valence-corrected chi connectivity index (χ2v) is 6.13. The molecule has 0 bridgehead atoms. The summed E-state index contributed by atoms with van der Waals surface area (Å²) in [7, 11) is 0. The van der Waals surface area contributed by atoms with Gasteiger partial charge >= 0.3 is 0 Å². The highest BCUT2D eigenvalue weighted by Gasteiger charge is 2.26. The normalized spacial score (nSPS) is 29.1. The Labute approximate surface area is 117 Å². The van der Waals surface area contributed by atoms with Crippen LogP contribution in [0.3, 0.4) is 0 Å². The molecule has 2 heterocycles. The summed E-state index contributed by atoms with van der Waals surface area (Å²) in [4.78, 5) is 5.30. The molecule has 3 aliphatic rings. The Morgan fingerprint density at radius 3 is 2.21 bits per heavy atom. The molecule has 0 radical (unpaired) electrons. The van der Waals surface area contributed by atoms with E-state index in [9.17, 15) is 0 Å². The Morgan fingerprint density at radius 2 is 1.53 bits per heavy atom. The molecule has 0 aromatic heterocycles. The molecule has 19 heavy (non-hydrogen) atoms. The topological polar surface area (TPSA) is 24.9 Å². The van der Waals surface area contributed by atoms with E-state index in [1.807, 2.05) is 0 Å². The monoisotopic (exact) mass is 268 g/mol. The van der Waals surface area contributed by atoms with Gasteiger partial charge in [0.25, 0.3) is 0 Å². The number of hydrogen-bond donors (Lipinski definition) is 0. The molecule has 0 aromatic rings. The quantitative estimate of drug-likeness (QED) is 0.775. The van der Waals surface area contributed by atoms with Crippen molar-refractivity contribution in [2.75, 3.05) is 45.9 Å². The van der Waals surface area contributed by atoms with Gasteiger partial charge in [-0.25, -0.2) is 0 Å². The Bertz CT molecular complexity index is 255. The van der Waals surface area contributed by atoms with Gasteiger partial charge in [-0.3, -0.25) is 4.90 Å². The Kier molecular flexibility index (Phi) is 5.10. The Morgan fingerprint density at radius 1 is 0.842 bits per heavy atom. The summed E-state index contributed by atoms with van der Waals surface area (Å²) in [6.45, 7) is 7.85. The number of piperazine rings is 1. The molecule has 110 valence electrons. The highest BCUT2D eigenvalue weighted by atomic mass is 16.7. The van der Waals surface area contributed by atoms with Crippen molar-refractivity contribution in [2.24, 2.45) is 0 Å². The predicted molar refractivity (Wildman–Crippen MR) is 75.2 cm³/mol. The van der Waals surface area contributed by atoms with Crippen LogP contribution in [0, 0.1) is 0 Å². The van der Waals surface area contributed by atoms with Gasteiger partial charge in [0.1, 0.15) is 0 Å². The van der Waals surface area contributed by atoms with Crippen LogP contribution in [0.1, 0.15) is 38.5 Å². The highest BCUT2D eigenvalue weighted by molar-refractivity contribution is 4.82. The zero-order chi connectivity index (χ0) is 12.9. The maximum Gasteiger partial charge on any atom is 0.158 e. The summed E-state index contributed by atoms with van der Waals surface area (Å²) < 4.78 is 11.2. The molecule has 0 spiro atoms. The maximum atomic E-state index is 5.61. The van der Waals surface area contributed by atoms with E-state index in [-0.39, 0.29) is 6.29 Å². The van der Waals surface area contributed by atoms with Gasteiger partial charge in [0.2, 0.25) is 0 Å². The van der Waals surface area contributed by atoms with Gasteiger partial charge in [-0.2, -0.15) is 0 Å². The molecule has 4 nitrogen and oxygen atoms in total. The highest BCUT2D eigenvalue weighted by Crippen LogP contribution is 2.24. The number of nitrogens with zero attached hydrogens (tertiary/aromatic N) is 2. The van der Waals surface area contributed by atoms with Crippen LogP contribution in [0.2, 0.25) is 0 Å². The molecule has 2 aliphatic heterocycles. The lowest BCUT2D eigenvalue weighted by Gasteiger charge is -2.38. The van der Waals surface area contributed by atoms with E-state index >= 15 is 0 Å². The van der Waals surface area contributed by atoms with Crippen molar-refractivity contribution in [1.29, 1.82) is 0 Å². The van der Waals surface area contributed by atoms with Crippen LogP contribution in [0.25, 0.3) is 0 Å². The fourth-order valence-electron chi connectivity index (χ4n) is 3.61. The lowest BCUT2D eigenvalue weighted by atomic mass is 10.2. The molecular weight excluding hydrogens is 240 g/mol. The van der Waals surface area contributed by atoms with Crippen molar-refractivity contribution >= 4 is 0 Å². The van der Waals surface area contributed by atoms with Crippen LogP contribution in [-0.2, 0) is 9.47 Å². The molecular formula is C15H28N2O2. The lowest BCUT2D eigenvalue weighted by Crippen LogP contribution is -2.50. The lowest BCUT2D eigenvalue weighted by molar-refractivity contribution is -0.183. The van der Waals surface area contributed by atoms with Crippen molar-refractivity contribution in [2.45, 2.75) is 50.9 Å². The minimum atomic E-state index is 0.0570. The summed E-state index contributed by atoms with van der Waals surface area (Å²) in [6, 6.07) is 0.896. The smallest absolute Gasteiger partial charge is 0.158 e. The fourth-order valence-corrected chi connectivity index (χ4v) is 3.61. The molecule has 0 unspecified atom stereocenters. The van der Waals surface area contributed by atoms with E-state index < -0.39 is 0 Å². The average Bonchev–Trinajstić information content (AvgIpc) is 3.01. The summed E-state index contributed by atoms with van der Waals surface area (Å²) in [5.74, 6) is 0. The average molecular weight is 268 g/mol. The third kappa shape index (κ3) is 3.91. The van der Waals surface area contributed by atoms with Crippen LogP contribution in [0.5, 0.6) is 0 Å². The van der Waals surface area contributed by atoms with Crippen molar-refractivity contribution in [3.05, 3.63) is 0 Å². The van der Waals surface area contributed by atoms with E-state index in [2.05, 4.69) is 9.80 Å².